The molecule has 0 spiro atoms. The third-order valence-corrected chi connectivity index (χ3v) is 4.88. The second kappa shape index (κ2) is 8.56. The van der Waals surface area contributed by atoms with Crippen molar-refractivity contribution in [3.05, 3.63) is 0 Å². The minimum atomic E-state index is -4.07. The minimum absolute atomic E-state index is 0.283. The maximum Gasteiger partial charge on any atom is 0.401 e. The summed E-state index contributed by atoms with van der Waals surface area (Å²) in [5, 5.41) is -1.22. The molecule has 5 heteroatoms. The maximum absolute atomic E-state index is 12.7. The van der Waals surface area contributed by atoms with Gasteiger partial charge in [-0.05, 0) is 18.6 Å². The largest absolute Gasteiger partial charge is 0.401 e. The first-order valence-electron chi connectivity index (χ1n) is 5.69. The molecule has 0 bridgehead atoms. The van der Waals surface area contributed by atoms with Gasteiger partial charge in [-0.25, -0.2) is 0 Å². The van der Waals surface area contributed by atoms with E-state index >= 15 is 0 Å². The quantitative estimate of drug-likeness (QED) is 0.421. The molecule has 16 heavy (non-hydrogen) atoms. The molecular weight excluding hydrogens is 253 g/mol. The van der Waals surface area contributed by atoms with Crippen molar-refractivity contribution in [3.63, 3.8) is 0 Å². The zero-order valence-electron chi connectivity index (χ0n) is 10.1. The van der Waals surface area contributed by atoms with Crippen molar-refractivity contribution in [2.45, 2.75) is 57.4 Å². The van der Waals surface area contributed by atoms with E-state index in [2.05, 4.69) is 6.92 Å². The summed E-state index contributed by atoms with van der Waals surface area (Å²) in [5.41, 5.74) is 0. The van der Waals surface area contributed by atoms with E-state index in [1.807, 2.05) is 0 Å². The van der Waals surface area contributed by atoms with Crippen LogP contribution in [-0.4, -0.2) is 17.7 Å². The molecule has 98 valence electrons. The van der Waals surface area contributed by atoms with Crippen LogP contribution in [0.4, 0.5) is 13.2 Å². The van der Waals surface area contributed by atoms with Gasteiger partial charge in [0.1, 0.15) is 5.25 Å². The summed E-state index contributed by atoms with van der Waals surface area (Å²) >= 11 is 0. The van der Waals surface area contributed by atoms with Gasteiger partial charge in [0, 0.05) is 0 Å². The summed E-state index contributed by atoms with van der Waals surface area (Å²) in [5.74, 6) is -0.283. The van der Waals surface area contributed by atoms with Crippen LogP contribution in [0, 0.1) is 5.92 Å². The van der Waals surface area contributed by atoms with Gasteiger partial charge in [0.05, 0.1) is 0 Å². The molecular formula is C11H21F3S2. The van der Waals surface area contributed by atoms with E-state index in [1.54, 1.807) is 13.2 Å². The molecule has 0 amide bonds. The number of rotatable bonds is 8. The van der Waals surface area contributed by atoms with Gasteiger partial charge in [0.2, 0.25) is 0 Å². The van der Waals surface area contributed by atoms with Crippen LogP contribution in [0.3, 0.4) is 0 Å². The van der Waals surface area contributed by atoms with E-state index in [1.165, 1.54) is 10.8 Å². The number of hydrogen-bond donors (Lipinski definition) is 0. The topological polar surface area (TPSA) is 0 Å². The second-order valence-electron chi connectivity index (χ2n) is 4.05. The fourth-order valence-corrected chi connectivity index (χ4v) is 3.78. The standard InChI is InChI=1S/C11H21F3S2/c1-4-5-6-7-8-9(2)10(16-15-3)11(12,13)14/h9-10H,4-8H2,1-3H3/t9?,10-/m0/s1. The average Bonchev–Trinajstić information content (AvgIpc) is 2.19. The Morgan fingerprint density at radius 3 is 2.19 bits per heavy atom. The lowest BCUT2D eigenvalue weighted by atomic mass is 9.99. The Morgan fingerprint density at radius 2 is 1.75 bits per heavy atom. The maximum atomic E-state index is 12.7. The average molecular weight is 274 g/mol. The van der Waals surface area contributed by atoms with Crippen LogP contribution in [0.2, 0.25) is 0 Å². The zero-order valence-corrected chi connectivity index (χ0v) is 11.8. The van der Waals surface area contributed by atoms with Crippen LogP contribution < -0.4 is 0 Å². The third kappa shape index (κ3) is 6.94. The second-order valence-corrected chi connectivity index (χ2v) is 6.66. The van der Waals surface area contributed by atoms with Crippen molar-refractivity contribution < 1.29 is 13.2 Å². The van der Waals surface area contributed by atoms with Gasteiger partial charge in [0.25, 0.3) is 0 Å². The van der Waals surface area contributed by atoms with Crippen LogP contribution >= 0.6 is 21.6 Å². The van der Waals surface area contributed by atoms with Gasteiger partial charge in [0.15, 0.2) is 0 Å². The Morgan fingerprint density at radius 1 is 1.12 bits per heavy atom. The lowest BCUT2D eigenvalue weighted by Gasteiger charge is -2.24. The van der Waals surface area contributed by atoms with Crippen LogP contribution in [-0.2, 0) is 0 Å². The van der Waals surface area contributed by atoms with Gasteiger partial charge >= 0.3 is 6.18 Å². The molecule has 2 atom stereocenters. The lowest BCUT2D eigenvalue weighted by Crippen LogP contribution is -2.31. The Kier molecular flexibility index (Phi) is 8.82. The van der Waals surface area contributed by atoms with E-state index in [4.69, 9.17) is 0 Å². The highest BCUT2D eigenvalue weighted by Gasteiger charge is 2.43. The Balaban J connectivity index is 4.02. The molecule has 0 aliphatic rings. The Labute approximate surface area is 105 Å². The first-order valence-corrected chi connectivity index (χ1v) is 8.31. The third-order valence-electron chi connectivity index (χ3n) is 2.55. The van der Waals surface area contributed by atoms with Crippen molar-refractivity contribution in [2.75, 3.05) is 6.26 Å². The molecule has 0 aliphatic carbocycles. The molecule has 0 aromatic rings. The summed E-state index contributed by atoms with van der Waals surface area (Å²) in [6.45, 7) is 3.82. The van der Waals surface area contributed by atoms with Crippen molar-refractivity contribution in [1.29, 1.82) is 0 Å². The monoisotopic (exact) mass is 274 g/mol. The smallest absolute Gasteiger partial charge is 0.170 e. The summed E-state index contributed by atoms with van der Waals surface area (Å²) in [6, 6.07) is 0. The first kappa shape index (κ1) is 16.5. The minimum Gasteiger partial charge on any atom is -0.170 e. The normalized spacial score (nSPS) is 16.1. The van der Waals surface area contributed by atoms with Crippen molar-refractivity contribution >= 4 is 21.6 Å². The van der Waals surface area contributed by atoms with E-state index < -0.39 is 11.4 Å². The highest BCUT2D eigenvalue weighted by atomic mass is 33.1. The summed E-state index contributed by atoms with van der Waals surface area (Å²) in [4.78, 5) is 0. The predicted molar refractivity (Wildman–Crippen MR) is 68.9 cm³/mol. The Bertz CT molecular complexity index is 171. The molecule has 0 saturated carbocycles. The van der Waals surface area contributed by atoms with Crippen molar-refractivity contribution in [2.24, 2.45) is 5.92 Å². The fraction of sp³-hybridized carbons (Fsp3) is 1.00. The van der Waals surface area contributed by atoms with Gasteiger partial charge in [-0.3, -0.25) is 0 Å². The van der Waals surface area contributed by atoms with Crippen molar-refractivity contribution in [3.8, 4) is 0 Å². The van der Waals surface area contributed by atoms with E-state index in [9.17, 15) is 13.2 Å². The first-order chi connectivity index (χ1) is 7.43. The van der Waals surface area contributed by atoms with Crippen LogP contribution in [0.15, 0.2) is 0 Å². The molecule has 0 rings (SSSR count). The van der Waals surface area contributed by atoms with E-state index in [-0.39, 0.29) is 5.92 Å². The fourth-order valence-electron chi connectivity index (χ4n) is 1.62. The molecule has 0 saturated heterocycles. The van der Waals surface area contributed by atoms with Gasteiger partial charge in [-0.15, -0.1) is 0 Å². The van der Waals surface area contributed by atoms with E-state index in [0.29, 0.717) is 6.42 Å². The number of halogens is 3. The predicted octanol–water partition coefficient (Wildman–Crippen LogP) is 5.54. The van der Waals surface area contributed by atoms with Crippen LogP contribution in [0.5, 0.6) is 0 Å². The summed E-state index contributed by atoms with van der Waals surface area (Å²) in [6.07, 6.45) is 2.52. The molecule has 0 nitrogen and oxygen atoms in total. The lowest BCUT2D eigenvalue weighted by molar-refractivity contribution is -0.137. The molecule has 1 unspecified atom stereocenters. The summed E-state index contributed by atoms with van der Waals surface area (Å²) in [7, 11) is 2.15. The molecule has 0 fully saturated rings. The Hall–Kier alpha value is 0.490. The van der Waals surface area contributed by atoms with Crippen molar-refractivity contribution in [1.82, 2.24) is 0 Å². The van der Waals surface area contributed by atoms with Crippen LogP contribution in [0.25, 0.3) is 0 Å². The number of unbranched alkanes of at least 4 members (excludes halogenated alkanes) is 3. The molecule has 0 N–H and O–H groups in total. The number of alkyl halides is 3. The molecule has 0 heterocycles. The van der Waals surface area contributed by atoms with Crippen LogP contribution in [0.1, 0.15) is 46.0 Å². The van der Waals surface area contributed by atoms with Gasteiger partial charge in [-0.2, -0.15) is 13.2 Å². The van der Waals surface area contributed by atoms with Gasteiger partial charge < -0.3 is 0 Å². The zero-order chi connectivity index (χ0) is 12.6. The highest BCUT2D eigenvalue weighted by Crippen LogP contribution is 2.41. The molecule has 0 aromatic heterocycles. The highest BCUT2D eigenvalue weighted by molar-refractivity contribution is 8.76. The van der Waals surface area contributed by atoms with E-state index in [0.717, 1.165) is 36.5 Å². The molecule has 0 radical (unpaired) electrons. The number of hydrogen-bond acceptors (Lipinski definition) is 2. The summed E-state index contributed by atoms with van der Waals surface area (Å²) < 4.78 is 38.1. The molecule has 0 aromatic carbocycles. The molecule has 0 aliphatic heterocycles. The van der Waals surface area contributed by atoms with Gasteiger partial charge in [-0.1, -0.05) is 61.1 Å². The SMILES string of the molecule is CCCCCCC(C)[C@H](SSC)C(F)(F)F.